The van der Waals surface area contributed by atoms with E-state index >= 15 is 0 Å². The smallest absolute Gasteiger partial charge is 0.0931 e. The van der Waals surface area contributed by atoms with Gasteiger partial charge in [-0.05, 0) is 24.9 Å². The molecule has 19 heavy (non-hydrogen) atoms. The molecule has 0 saturated heterocycles. The Hall–Kier alpha value is -0.410. The Bertz CT molecular complexity index is 363. The molecule has 1 rings (SSSR count). The molecule has 1 atom stereocenters. The second-order valence-corrected chi connectivity index (χ2v) is 7.85. The normalized spacial score (nSPS) is 14.1. The average molecular weight is 282 g/mol. The van der Waals surface area contributed by atoms with Crippen LogP contribution in [0.15, 0.2) is 5.38 Å². The highest BCUT2D eigenvalue weighted by molar-refractivity contribution is 7.09. The first kappa shape index (κ1) is 16.6. The molecule has 1 unspecified atom stereocenters. The molecule has 0 aliphatic carbocycles. The van der Waals surface area contributed by atoms with E-state index in [0.29, 0.717) is 5.92 Å². The van der Waals surface area contributed by atoms with Crippen LogP contribution in [0.5, 0.6) is 0 Å². The minimum Gasteiger partial charge on any atom is -0.316 e. The first-order chi connectivity index (χ1) is 8.82. The van der Waals surface area contributed by atoms with Gasteiger partial charge in [0.1, 0.15) is 0 Å². The third kappa shape index (κ3) is 6.05. The fourth-order valence-electron chi connectivity index (χ4n) is 1.93. The minimum atomic E-state index is 0.173. The van der Waals surface area contributed by atoms with E-state index in [0.717, 1.165) is 25.4 Å². The summed E-state index contributed by atoms with van der Waals surface area (Å²) in [6.45, 7) is 15.7. The highest BCUT2D eigenvalue weighted by Crippen LogP contribution is 2.25. The second-order valence-electron chi connectivity index (χ2n) is 6.91. The maximum atomic E-state index is 4.80. The Morgan fingerprint density at radius 2 is 1.95 bits per heavy atom. The van der Waals surface area contributed by atoms with Gasteiger partial charge in [-0.1, -0.05) is 48.0 Å². The summed E-state index contributed by atoms with van der Waals surface area (Å²) >= 11 is 1.82. The van der Waals surface area contributed by atoms with Crippen molar-refractivity contribution in [3.05, 3.63) is 16.1 Å². The van der Waals surface area contributed by atoms with Crippen LogP contribution in [0, 0.1) is 11.8 Å². The lowest BCUT2D eigenvalue weighted by molar-refractivity contribution is 0.436. The van der Waals surface area contributed by atoms with Crippen molar-refractivity contribution in [2.45, 2.75) is 59.8 Å². The molecule has 0 fully saturated rings. The van der Waals surface area contributed by atoms with Crippen molar-refractivity contribution in [3.63, 3.8) is 0 Å². The Balaban J connectivity index is 2.49. The van der Waals surface area contributed by atoms with Crippen molar-refractivity contribution in [1.29, 1.82) is 0 Å². The van der Waals surface area contributed by atoms with Gasteiger partial charge in [-0.25, -0.2) is 4.98 Å². The van der Waals surface area contributed by atoms with Crippen LogP contribution in [-0.2, 0) is 11.8 Å². The Morgan fingerprint density at radius 1 is 1.26 bits per heavy atom. The molecule has 0 aliphatic rings. The Kier molecular flexibility index (Phi) is 6.48. The molecule has 0 aromatic carbocycles. The number of nitrogens with zero attached hydrogens (tertiary/aromatic N) is 1. The molecular weight excluding hydrogens is 252 g/mol. The summed E-state index contributed by atoms with van der Waals surface area (Å²) < 4.78 is 0. The van der Waals surface area contributed by atoms with Gasteiger partial charge in [0, 0.05) is 17.2 Å². The van der Waals surface area contributed by atoms with Gasteiger partial charge in [0.15, 0.2) is 0 Å². The van der Waals surface area contributed by atoms with Crippen molar-refractivity contribution < 1.29 is 0 Å². The molecular formula is C16H30N2S. The first-order valence-corrected chi connectivity index (χ1v) is 8.36. The predicted octanol–water partition coefficient (Wildman–Crippen LogP) is 4.25. The summed E-state index contributed by atoms with van der Waals surface area (Å²) in [5.74, 6) is 1.43. The average Bonchev–Trinajstić information content (AvgIpc) is 2.75. The highest BCUT2D eigenvalue weighted by Gasteiger charge is 2.18. The zero-order chi connectivity index (χ0) is 14.5. The molecule has 0 saturated carbocycles. The van der Waals surface area contributed by atoms with E-state index in [1.54, 1.807) is 0 Å². The molecule has 0 aliphatic heterocycles. The van der Waals surface area contributed by atoms with Gasteiger partial charge >= 0.3 is 0 Å². The standard InChI is InChI=1S/C16H30N2S/c1-7-13(10-17-9-12(2)3)8-15-18-14(11-19-15)16(4,5)6/h11-13,17H,7-10H2,1-6H3. The highest BCUT2D eigenvalue weighted by atomic mass is 32.1. The molecule has 3 heteroatoms. The van der Waals surface area contributed by atoms with Gasteiger partial charge in [0.25, 0.3) is 0 Å². The van der Waals surface area contributed by atoms with E-state index in [-0.39, 0.29) is 5.41 Å². The Labute approximate surface area is 123 Å². The molecule has 1 aromatic heterocycles. The molecule has 1 N–H and O–H groups in total. The lowest BCUT2D eigenvalue weighted by Gasteiger charge is -2.16. The fourth-order valence-corrected chi connectivity index (χ4v) is 3.07. The maximum absolute atomic E-state index is 4.80. The van der Waals surface area contributed by atoms with Gasteiger partial charge in [-0.15, -0.1) is 11.3 Å². The topological polar surface area (TPSA) is 24.9 Å². The first-order valence-electron chi connectivity index (χ1n) is 7.48. The molecule has 0 amide bonds. The van der Waals surface area contributed by atoms with Crippen LogP contribution in [0.1, 0.15) is 58.7 Å². The van der Waals surface area contributed by atoms with Gasteiger partial charge in [-0.2, -0.15) is 0 Å². The zero-order valence-electron chi connectivity index (χ0n) is 13.4. The SMILES string of the molecule is CCC(CNCC(C)C)Cc1nc(C(C)(C)C)cs1. The number of hydrogen-bond acceptors (Lipinski definition) is 3. The quantitative estimate of drug-likeness (QED) is 0.808. The number of rotatable bonds is 7. The monoisotopic (exact) mass is 282 g/mol. The van der Waals surface area contributed by atoms with Crippen LogP contribution in [0.4, 0.5) is 0 Å². The lowest BCUT2D eigenvalue weighted by atomic mass is 9.93. The van der Waals surface area contributed by atoms with E-state index in [1.807, 2.05) is 11.3 Å². The second kappa shape index (κ2) is 7.39. The fraction of sp³-hybridized carbons (Fsp3) is 0.812. The molecule has 110 valence electrons. The van der Waals surface area contributed by atoms with Crippen LogP contribution in [0.25, 0.3) is 0 Å². The summed E-state index contributed by atoms with van der Waals surface area (Å²) in [7, 11) is 0. The summed E-state index contributed by atoms with van der Waals surface area (Å²) in [6.07, 6.45) is 2.33. The summed E-state index contributed by atoms with van der Waals surface area (Å²) in [6, 6.07) is 0. The summed E-state index contributed by atoms with van der Waals surface area (Å²) in [5.41, 5.74) is 1.41. The van der Waals surface area contributed by atoms with E-state index in [2.05, 4.69) is 52.2 Å². The van der Waals surface area contributed by atoms with Crippen LogP contribution in [0.3, 0.4) is 0 Å². The van der Waals surface area contributed by atoms with Crippen LogP contribution < -0.4 is 5.32 Å². The van der Waals surface area contributed by atoms with Crippen molar-refractivity contribution >= 4 is 11.3 Å². The number of thiazole rings is 1. The van der Waals surface area contributed by atoms with Gasteiger partial charge < -0.3 is 5.32 Å². The molecule has 0 radical (unpaired) electrons. The molecule has 0 bridgehead atoms. The molecule has 1 aromatic rings. The van der Waals surface area contributed by atoms with Crippen LogP contribution >= 0.6 is 11.3 Å². The Morgan fingerprint density at radius 3 is 2.42 bits per heavy atom. The van der Waals surface area contributed by atoms with E-state index in [4.69, 9.17) is 4.98 Å². The third-order valence-electron chi connectivity index (χ3n) is 3.35. The molecule has 0 spiro atoms. The van der Waals surface area contributed by atoms with Crippen molar-refractivity contribution in [3.8, 4) is 0 Å². The summed E-state index contributed by atoms with van der Waals surface area (Å²) in [4.78, 5) is 4.80. The minimum absolute atomic E-state index is 0.173. The van der Waals surface area contributed by atoms with Crippen LogP contribution in [-0.4, -0.2) is 18.1 Å². The van der Waals surface area contributed by atoms with Gasteiger partial charge in [0.2, 0.25) is 0 Å². The largest absolute Gasteiger partial charge is 0.316 e. The lowest BCUT2D eigenvalue weighted by Crippen LogP contribution is -2.27. The van der Waals surface area contributed by atoms with Crippen LogP contribution in [0.2, 0.25) is 0 Å². The van der Waals surface area contributed by atoms with E-state index in [1.165, 1.54) is 17.1 Å². The summed E-state index contributed by atoms with van der Waals surface area (Å²) in [5, 5.41) is 7.09. The zero-order valence-corrected chi connectivity index (χ0v) is 14.2. The number of nitrogens with one attached hydrogen (secondary N) is 1. The van der Waals surface area contributed by atoms with Crippen molar-refractivity contribution in [2.24, 2.45) is 11.8 Å². The van der Waals surface area contributed by atoms with Gasteiger partial charge in [0.05, 0.1) is 10.7 Å². The van der Waals surface area contributed by atoms with Crippen molar-refractivity contribution in [2.75, 3.05) is 13.1 Å². The predicted molar refractivity (Wildman–Crippen MR) is 86.0 cm³/mol. The number of hydrogen-bond donors (Lipinski definition) is 1. The van der Waals surface area contributed by atoms with E-state index in [9.17, 15) is 0 Å². The molecule has 2 nitrogen and oxygen atoms in total. The molecule has 1 heterocycles. The van der Waals surface area contributed by atoms with Crippen molar-refractivity contribution in [1.82, 2.24) is 10.3 Å². The third-order valence-corrected chi connectivity index (χ3v) is 4.22. The van der Waals surface area contributed by atoms with E-state index < -0.39 is 0 Å². The maximum Gasteiger partial charge on any atom is 0.0931 e. The van der Waals surface area contributed by atoms with Gasteiger partial charge in [-0.3, -0.25) is 0 Å². The number of aromatic nitrogens is 1.